The molecule has 0 aromatic carbocycles. The summed E-state index contributed by atoms with van der Waals surface area (Å²) >= 11 is 0. The highest BCUT2D eigenvalue weighted by Gasteiger charge is 2.55. The van der Waals surface area contributed by atoms with E-state index in [1.54, 1.807) is 17.1 Å². The van der Waals surface area contributed by atoms with E-state index < -0.39 is 25.9 Å². The molecule has 1 aliphatic heterocycles. The molecule has 0 aromatic heterocycles. The Labute approximate surface area is 178 Å². The van der Waals surface area contributed by atoms with Crippen molar-refractivity contribution in [1.29, 1.82) is 0 Å². The van der Waals surface area contributed by atoms with Crippen molar-refractivity contribution in [3.8, 4) is 0 Å². The predicted molar refractivity (Wildman–Crippen MR) is 121 cm³/mol. The molecule has 1 heterocycles. The first-order valence-electron chi connectivity index (χ1n) is 10.5. The molecule has 1 rings (SSSR count). The third-order valence-electron chi connectivity index (χ3n) is 5.92. The van der Waals surface area contributed by atoms with Crippen molar-refractivity contribution in [3.63, 3.8) is 0 Å². The lowest BCUT2D eigenvalue weighted by molar-refractivity contribution is -0.182. The van der Waals surface area contributed by atoms with Crippen LogP contribution in [0.5, 0.6) is 0 Å². The van der Waals surface area contributed by atoms with Gasteiger partial charge in [-0.05, 0) is 58.7 Å². The average Bonchev–Trinajstić information content (AvgIpc) is 2.50. The number of hydrogen-bond donors (Lipinski definition) is 0. The van der Waals surface area contributed by atoms with Gasteiger partial charge in [-0.25, -0.2) is 4.79 Å². The van der Waals surface area contributed by atoms with Crippen LogP contribution in [-0.2, 0) is 18.8 Å². The summed E-state index contributed by atoms with van der Waals surface area (Å²) in [5, 5.41) is 0.0591. The van der Waals surface area contributed by atoms with Crippen LogP contribution in [0, 0.1) is 5.92 Å². The lowest BCUT2D eigenvalue weighted by Crippen LogP contribution is -2.69. The first-order valence-corrected chi connectivity index (χ1v) is 13.4. The van der Waals surface area contributed by atoms with Crippen LogP contribution >= 0.6 is 0 Å². The Morgan fingerprint density at radius 2 is 1.72 bits per heavy atom. The van der Waals surface area contributed by atoms with E-state index >= 15 is 0 Å². The van der Waals surface area contributed by atoms with Gasteiger partial charge in [-0.2, -0.15) is 0 Å². The van der Waals surface area contributed by atoms with Crippen LogP contribution in [0.15, 0.2) is 25.3 Å². The molecule has 0 saturated carbocycles. The lowest BCUT2D eigenvalue weighted by Gasteiger charge is -2.53. The zero-order chi connectivity index (χ0) is 22.8. The largest absolute Gasteiger partial charge is 0.458 e. The topological polar surface area (TPSA) is 55.8 Å². The lowest BCUT2D eigenvalue weighted by atomic mass is 9.79. The van der Waals surface area contributed by atoms with Gasteiger partial charge in [0, 0.05) is 0 Å². The second kappa shape index (κ2) is 9.17. The highest BCUT2D eigenvalue weighted by atomic mass is 28.4. The Hall–Kier alpha value is -1.40. The summed E-state index contributed by atoms with van der Waals surface area (Å²) in [5.41, 5.74) is -0.615. The maximum Gasteiger partial charge on any atom is 0.329 e. The molecule has 0 aromatic rings. The number of rotatable bonds is 9. The second-order valence-corrected chi connectivity index (χ2v) is 15.3. The molecule has 0 N–H and O–H groups in total. The molecule has 5 nitrogen and oxygen atoms in total. The summed E-state index contributed by atoms with van der Waals surface area (Å²) in [4.78, 5) is 27.7. The molecule has 0 spiro atoms. The van der Waals surface area contributed by atoms with Gasteiger partial charge in [0.05, 0.1) is 18.1 Å². The maximum absolute atomic E-state index is 13.2. The Kier molecular flexibility index (Phi) is 8.10. The van der Waals surface area contributed by atoms with E-state index in [2.05, 4.69) is 47.0 Å². The van der Waals surface area contributed by atoms with Crippen molar-refractivity contribution in [1.82, 2.24) is 4.90 Å². The van der Waals surface area contributed by atoms with Crippen LogP contribution in [0.3, 0.4) is 0 Å². The first kappa shape index (κ1) is 25.6. The fraction of sp³-hybridized carbons (Fsp3) is 0.739. The Morgan fingerprint density at radius 1 is 1.17 bits per heavy atom. The van der Waals surface area contributed by atoms with Gasteiger partial charge < -0.3 is 14.1 Å². The smallest absolute Gasteiger partial charge is 0.329 e. The van der Waals surface area contributed by atoms with Crippen LogP contribution in [0.1, 0.15) is 61.3 Å². The van der Waals surface area contributed by atoms with Gasteiger partial charge >= 0.3 is 5.97 Å². The molecule has 29 heavy (non-hydrogen) atoms. The number of esters is 1. The molecule has 6 heteroatoms. The molecule has 0 aliphatic carbocycles. The molecular weight excluding hydrogens is 382 g/mol. The van der Waals surface area contributed by atoms with Gasteiger partial charge in [-0.15, -0.1) is 13.2 Å². The van der Waals surface area contributed by atoms with Crippen LogP contribution in [0.25, 0.3) is 0 Å². The van der Waals surface area contributed by atoms with E-state index in [1.165, 1.54) is 0 Å². The van der Waals surface area contributed by atoms with Crippen molar-refractivity contribution in [2.45, 2.75) is 103 Å². The average molecular weight is 424 g/mol. The summed E-state index contributed by atoms with van der Waals surface area (Å²) in [7, 11) is -2.02. The van der Waals surface area contributed by atoms with Gasteiger partial charge in [0.1, 0.15) is 11.6 Å². The van der Waals surface area contributed by atoms with E-state index in [-0.39, 0.29) is 29.0 Å². The van der Waals surface area contributed by atoms with Gasteiger partial charge in [-0.3, -0.25) is 4.79 Å². The summed E-state index contributed by atoms with van der Waals surface area (Å²) in [6.45, 7) is 26.0. The van der Waals surface area contributed by atoms with Crippen molar-refractivity contribution in [2.24, 2.45) is 5.92 Å². The quantitative estimate of drug-likeness (QED) is 0.224. The van der Waals surface area contributed by atoms with E-state index in [0.717, 1.165) is 0 Å². The zero-order valence-corrected chi connectivity index (χ0v) is 20.9. The van der Waals surface area contributed by atoms with E-state index in [4.69, 9.17) is 9.16 Å². The van der Waals surface area contributed by atoms with Crippen molar-refractivity contribution >= 4 is 20.2 Å². The normalized spacial score (nSPS) is 22.5. The number of hydrogen-bond acceptors (Lipinski definition) is 4. The van der Waals surface area contributed by atoms with E-state index in [1.807, 2.05) is 27.7 Å². The minimum Gasteiger partial charge on any atom is -0.458 e. The molecule has 166 valence electrons. The molecule has 0 radical (unpaired) electrons. The standard InChI is InChI=1S/C23H41NO4Si/c1-12-14-17-19(16(3)28-29(10,11)23(7,8)9)20(25)24(17)18(15-13-2)21(26)27-22(4,5)6/h12-13,16-19H,1-2,14-15H2,3-11H3/t16-,17-,18+,19-/m1/s1. The minimum atomic E-state index is -2.02. The molecule has 1 fully saturated rings. The van der Waals surface area contributed by atoms with Crippen molar-refractivity contribution < 1.29 is 18.8 Å². The highest BCUT2D eigenvalue weighted by Crippen LogP contribution is 2.42. The summed E-state index contributed by atoms with van der Waals surface area (Å²) in [6.07, 6.45) is 4.22. The molecule has 1 aliphatic rings. The van der Waals surface area contributed by atoms with Gasteiger partial charge in [-0.1, -0.05) is 32.9 Å². The number of amides is 1. The fourth-order valence-electron chi connectivity index (χ4n) is 3.49. The zero-order valence-electron chi connectivity index (χ0n) is 19.9. The van der Waals surface area contributed by atoms with Crippen molar-refractivity contribution in [2.75, 3.05) is 0 Å². The second-order valence-electron chi connectivity index (χ2n) is 10.5. The Morgan fingerprint density at radius 3 is 2.14 bits per heavy atom. The number of nitrogens with zero attached hydrogens (tertiary/aromatic N) is 1. The predicted octanol–water partition coefficient (Wildman–Crippen LogP) is 5.09. The minimum absolute atomic E-state index is 0.0548. The third-order valence-corrected chi connectivity index (χ3v) is 10.5. The number of likely N-dealkylation sites (tertiary alicyclic amines) is 1. The molecule has 4 atom stereocenters. The van der Waals surface area contributed by atoms with Crippen molar-refractivity contribution in [3.05, 3.63) is 25.3 Å². The molecule has 0 bridgehead atoms. The van der Waals surface area contributed by atoms with Crippen LogP contribution in [0.4, 0.5) is 0 Å². The van der Waals surface area contributed by atoms with Gasteiger partial charge in [0.2, 0.25) is 5.91 Å². The fourth-order valence-corrected chi connectivity index (χ4v) is 4.92. The van der Waals surface area contributed by atoms with Crippen LogP contribution in [-0.4, -0.2) is 48.9 Å². The first-order chi connectivity index (χ1) is 13.1. The maximum atomic E-state index is 13.2. The monoisotopic (exact) mass is 423 g/mol. The van der Waals surface area contributed by atoms with Gasteiger partial charge in [0.15, 0.2) is 8.32 Å². The molecular formula is C23H41NO4Si. The van der Waals surface area contributed by atoms with E-state index in [9.17, 15) is 9.59 Å². The third kappa shape index (κ3) is 6.04. The highest BCUT2D eigenvalue weighted by molar-refractivity contribution is 6.74. The summed E-state index contributed by atoms with van der Waals surface area (Å²) in [5.74, 6) is -0.728. The number of carbonyl (C=O) groups is 2. The molecule has 0 unspecified atom stereocenters. The molecule has 1 amide bonds. The summed E-state index contributed by atoms with van der Waals surface area (Å²) < 4.78 is 12.1. The Balaban J connectivity index is 3.10. The Bertz CT molecular complexity index is 630. The van der Waals surface area contributed by atoms with Crippen LogP contribution in [0.2, 0.25) is 18.1 Å². The molecule has 1 saturated heterocycles. The number of carbonyl (C=O) groups excluding carboxylic acids is 2. The van der Waals surface area contributed by atoms with Crippen LogP contribution < -0.4 is 0 Å². The van der Waals surface area contributed by atoms with E-state index in [0.29, 0.717) is 12.8 Å². The summed E-state index contributed by atoms with van der Waals surface area (Å²) in [6, 6.07) is -0.794. The number of ether oxygens (including phenoxy) is 1. The number of β-lactam (4-membered cyclic amide) rings is 1. The van der Waals surface area contributed by atoms with Gasteiger partial charge in [0.25, 0.3) is 0 Å². The SMILES string of the molecule is C=CC[C@@H]1[C@@H]([C@@H](C)O[Si](C)(C)C(C)(C)C)C(=O)N1[C@@H](CC=C)C(=O)OC(C)(C)C.